The second-order valence-corrected chi connectivity index (χ2v) is 9.73. The van der Waals surface area contributed by atoms with Crippen LogP contribution in [0.15, 0.2) is 35.7 Å². The van der Waals surface area contributed by atoms with Gasteiger partial charge in [-0.2, -0.15) is 15.8 Å². The molecule has 0 spiro atoms. The summed E-state index contributed by atoms with van der Waals surface area (Å²) in [6.07, 6.45) is 1.78. The van der Waals surface area contributed by atoms with Crippen molar-refractivity contribution in [3.63, 3.8) is 0 Å². The van der Waals surface area contributed by atoms with E-state index in [2.05, 4.69) is 41.9 Å². The molecular formula is C26H31N5OS. The third kappa shape index (κ3) is 6.34. The van der Waals surface area contributed by atoms with Crippen LogP contribution < -0.4 is 4.74 Å². The van der Waals surface area contributed by atoms with Crippen LogP contribution >= 0.6 is 11.3 Å². The fraction of sp³-hybridized carbons (Fsp3) is 0.500. The predicted molar refractivity (Wildman–Crippen MR) is 130 cm³/mol. The molecule has 2 heterocycles. The Morgan fingerprint density at radius 1 is 0.970 bits per heavy atom. The number of ether oxygens (including phenoxy) is 1. The van der Waals surface area contributed by atoms with Crippen LogP contribution in [-0.4, -0.2) is 55.7 Å². The highest BCUT2D eigenvalue weighted by atomic mass is 32.1. The maximum absolute atomic E-state index is 10.1. The van der Waals surface area contributed by atoms with Crippen LogP contribution in [0, 0.1) is 39.9 Å². The summed E-state index contributed by atoms with van der Waals surface area (Å²) >= 11 is 1.54. The highest BCUT2D eigenvalue weighted by Gasteiger charge is 2.37. The Hall–Kier alpha value is -2.89. The summed E-state index contributed by atoms with van der Waals surface area (Å²) in [6, 6.07) is 16.0. The largest absolute Gasteiger partial charge is 0.492 e. The lowest BCUT2D eigenvalue weighted by Gasteiger charge is -2.35. The quantitative estimate of drug-likeness (QED) is 0.522. The van der Waals surface area contributed by atoms with Gasteiger partial charge in [-0.1, -0.05) is 13.8 Å². The topological polar surface area (TPSA) is 87.1 Å². The van der Waals surface area contributed by atoms with Gasteiger partial charge in [0, 0.05) is 43.0 Å². The maximum Gasteiger partial charge on any atom is 0.119 e. The van der Waals surface area contributed by atoms with E-state index in [0.29, 0.717) is 17.7 Å². The highest BCUT2D eigenvalue weighted by molar-refractivity contribution is 7.10. The SMILES string of the molecule is CC(C)C(C#N)(CCCN1CCN(CCOc2ccc(C#N)cc2)CC1)c1cc(C#N)cs1. The van der Waals surface area contributed by atoms with Crippen LogP contribution in [0.1, 0.15) is 42.7 Å². The van der Waals surface area contributed by atoms with Crippen molar-refractivity contribution in [1.29, 1.82) is 15.8 Å². The zero-order valence-electron chi connectivity index (χ0n) is 19.5. The molecule has 0 aliphatic carbocycles. The molecule has 1 fully saturated rings. The molecule has 172 valence electrons. The van der Waals surface area contributed by atoms with E-state index in [1.807, 2.05) is 23.6 Å². The van der Waals surface area contributed by atoms with Crippen LogP contribution in [0.3, 0.4) is 0 Å². The Labute approximate surface area is 201 Å². The van der Waals surface area contributed by atoms with Gasteiger partial charge in [-0.3, -0.25) is 4.90 Å². The van der Waals surface area contributed by atoms with Crippen LogP contribution in [0.5, 0.6) is 5.75 Å². The number of hydrogen-bond donors (Lipinski definition) is 0. The number of nitrogens with zero attached hydrogens (tertiary/aromatic N) is 5. The molecular weight excluding hydrogens is 430 g/mol. The minimum Gasteiger partial charge on any atom is -0.492 e. The van der Waals surface area contributed by atoms with Gasteiger partial charge in [0.2, 0.25) is 0 Å². The Morgan fingerprint density at radius 2 is 1.61 bits per heavy atom. The minimum absolute atomic E-state index is 0.195. The van der Waals surface area contributed by atoms with Crippen LogP contribution in [0.4, 0.5) is 0 Å². The van der Waals surface area contributed by atoms with E-state index in [0.717, 1.165) is 62.7 Å². The van der Waals surface area contributed by atoms with E-state index in [4.69, 9.17) is 10.00 Å². The molecule has 2 aromatic rings. The molecule has 3 rings (SSSR count). The predicted octanol–water partition coefficient (Wildman–Crippen LogP) is 4.39. The number of nitriles is 3. The molecule has 1 aromatic heterocycles. The normalized spacial score (nSPS) is 16.5. The van der Waals surface area contributed by atoms with Gasteiger partial charge in [0.15, 0.2) is 0 Å². The van der Waals surface area contributed by atoms with Crippen molar-refractivity contribution in [1.82, 2.24) is 9.80 Å². The minimum atomic E-state index is -0.523. The molecule has 1 aliphatic heterocycles. The summed E-state index contributed by atoms with van der Waals surface area (Å²) in [5, 5.41) is 30.0. The van der Waals surface area contributed by atoms with E-state index >= 15 is 0 Å². The van der Waals surface area contributed by atoms with Crippen LogP contribution in [0.25, 0.3) is 0 Å². The lowest BCUT2D eigenvalue weighted by Crippen LogP contribution is -2.47. The van der Waals surface area contributed by atoms with Gasteiger partial charge in [-0.15, -0.1) is 11.3 Å². The second kappa shape index (κ2) is 11.8. The number of rotatable bonds is 10. The third-order valence-electron chi connectivity index (χ3n) is 6.52. The third-order valence-corrected chi connectivity index (χ3v) is 7.63. The van der Waals surface area contributed by atoms with Gasteiger partial charge in [0.25, 0.3) is 0 Å². The first-order valence-electron chi connectivity index (χ1n) is 11.5. The highest BCUT2D eigenvalue weighted by Crippen LogP contribution is 2.40. The average molecular weight is 462 g/mol. The van der Waals surface area contributed by atoms with Gasteiger partial charge >= 0.3 is 0 Å². The first-order chi connectivity index (χ1) is 16.0. The molecule has 0 N–H and O–H groups in total. The summed E-state index contributed by atoms with van der Waals surface area (Å²) < 4.78 is 5.81. The standard InChI is InChI=1S/C26H31N5OS/c1-21(2)26(20-29,25-16-23(18-28)19-33-25)8-3-9-30-10-12-31(13-11-30)14-15-32-24-6-4-22(17-27)5-7-24/h4-7,16,19,21H,3,8-15H2,1-2H3. The zero-order valence-corrected chi connectivity index (χ0v) is 20.3. The van der Waals surface area contributed by atoms with Crippen molar-refractivity contribution in [2.75, 3.05) is 45.9 Å². The molecule has 6 nitrogen and oxygen atoms in total. The molecule has 1 atom stereocenters. The van der Waals surface area contributed by atoms with E-state index in [-0.39, 0.29) is 5.92 Å². The number of piperazine rings is 1. The Balaban J connectivity index is 1.41. The molecule has 33 heavy (non-hydrogen) atoms. The molecule has 0 saturated carbocycles. The summed E-state index contributed by atoms with van der Waals surface area (Å²) in [5.41, 5.74) is 0.764. The van der Waals surface area contributed by atoms with Crippen LogP contribution in [0.2, 0.25) is 0 Å². The monoisotopic (exact) mass is 461 g/mol. The molecule has 1 saturated heterocycles. The lowest BCUT2D eigenvalue weighted by molar-refractivity contribution is 0.114. The summed E-state index contributed by atoms with van der Waals surface area (Å²) in [6.45, 7) is 10.8. The second-order valence-electron chi connectivity index (χ2n) is 8.82. The van der Waals surface area contributed by atoms with Gasteiger partial charge in [-0.25, -0.2) is 0 Å². The molecule has 0 bridgehead atoms. The van der Waals surface area contributed by atoms with Crippen molar-refractivity contribution >= 4 is 11.3 Å². The lowest BCUT2D eigenvalue weighted by atomic mass is 9.73. The maximum atomic E-state index is 10.1. The number of thiophene rings is 1. The Bertz CT molecular complexity index is 1020. The van der Waals surface area contributed by atoms with Crippen molar-refractivity contribution < 1.29 is 4.74 Å². The van der Waals surface area contributed by atoms with E-state index < -0.39 is 5.41 Å². The fourth-order valence-electron chi connectivity index (χ4n) is 4.30. The Morgan fingerprint density at radius 3 is 2.15 bits per heavy atom. The fourth-order valence-corrected chi connectivity index (χ4v) is 5.46. The summed E-state index contributed by atoms with van der Waals surface area (Å²) in [7, 11) is 0. The van der Waals surface area contributed by atoms with Crippen molar-refractivity contribution in [3.05, 3.63) is 51.7 Å². The van der Waals surface area contributed by atoms with Gasteiger partial charge < -0.3 is 9.64 Å². The summed E-state index contributed by atoms with van der Waals surface area (Å²) in [4.78, 5) is 5.92. The first-order valence-corrected chi connectivity index (χ1v) is 12.4. The molecule has 0 radical (unpaired) electrons. The summed E-state index contributed by atoms with van der Waals surface area (Å²) in [5.74, 6) is 0.993. The van der Waals surface area contributed by atoms with Gasteiger partial charge in [0.05, 0.1) is 28.7 Å². The number of benzene rings is 1. The zero-order chi connectivity index (χ0) is 23.7. The van der Waals surface area contributed by atoms with Crippen molar-refractivity contribution in [2.24, 2.45) is 5.92 Å². The Kier molecular flexibility index (Phi) is 8.87. The molecule has 1 aliphatic rings. The number of hydrogen-bond acceptors (Lipinski definition) is 7. The smallest absolute Gasteiger partial charge is 0.119 e. The first kappa shape index (κ1) is 24.7. The average Bonchev–Trinajstić information content (AvgIpc) is 3.33. The molecule has 0 amide bonds. The van der Waals surface area contributed by atoms with Gasteiger partial charge in [-0.05, 0) is 55.6 Å². The molecule has 1 aromatic carbocycles. The molecule has 1 unspecified atom stereocenters. The van der Waals surface area contributed by atoms with E-state index in [1.165, 1.54) is 11.3 Å². The van der Waals surface area contributed by atoms with Crippen molar-refractivity contribution in [2.45, 2.75) is 32.1 Å². The van der Waals surface area contributed by atoms with Gasteiger partial charge in [0.1, 0.15) is 18.4 Å². The van der Waals surface area contributed by atoms with E-state index in [1.54, 1.807) is 12.1 Å². The van der Waals surface area contributed by atoms with E-state index in [9.17, 15) is 10.5 Å². The van der Waals surface area contributed by atoms with Crippen LogP contribution in [-0.2, 0) is 5.41 Å². The molecule has 7 heteroatoms. The van der Waals surface area contributed by atoms with Crippen molar-refractivity contribution in [3.8, 4) is 24.0 Å².